The van der Waals surface area contributed by atoms with Gasteiger partial charge in [-0.3, -0.25) is 9.13 Å². The van der Waals surface area contributed by atoms with Gasteiger partial charge >= 0.3 is 0 Å². The summed E-state index contributed by atoms with van der Waals surface area (Å²) in [6.45, 7) is 4.36. The van der Waals surface area contributed by atoms with E-state index in [-0.39, 0.29) is 0 Å². The number of aryl methyl sites for hydroxylation is 2. The number of para-hydroxylation sites is 6. The van der Waals surface area contributed by atoms with Crippen molar-refractivity contribution in [2.45, 2.75) is 13.8 Å². The zero-order valence-electron chi connectivity index (χ0n) is 31.3. The van der Waals surface area contributed by atoms with Crippen molar-refractivity contribution in [3.63, 3.8) is 0 Å². The maximum Gasteiger partial charge on any atom is 0.145 e. The molecule has 10 aromatic rings. The molecular formula is C52H38N4. The molecule has 0 unspecified atom stereocenters. The molecule has 0 spiro atoms. The van der Waals surface area contributed by atoms with Crippen LogP contribution >= 0.6 is 0 Å². The van der Waals surface area contributed by atoms with E-state index in [0.29, 0.717) is 0 Å². The predicted molar refractivity (Wildman–Crippen MR) is 232 cm³/mol. The molecular weight excluding hydrogens is 681 g/mol. The standard InChI is InChI=1S/C52H38N4/c1-35-32-36(2)34-41(33-35)50-44(37-24-28-39(29-25-37)51-53-46-20-9-11-22-48(46)55(51)42-14-5-3-6-15-42)18-13-19-45(50)38-26-30-40(31-27-38)52-54-47-21-10-12-23-49(47)56(52)43-16-7-4-8-17-43/h3-34H,1-2H3. The second kappa shape index (κ2) is 13.8. The van der Waals surface area contributed by atoms with Crippen molar-refractivity contribution in [1.82, 2.24) is 19.1 Å². The summed E-state index contributed by atoms with van der Waals surface area (Å²) >= 11 is 0. The van der Waals surface area contributed by atoms with Crippen molar-refractivity contribution in [3.05, 3.63) is 205 Å². The summed E-state index contributed by atoms with van der Waals surface area (Å²) in [7, 11) is 0. The van der Waals surface area contributed by atoms with Crippen LogP contribution < -0.4 is 0 Å². The Labute approximate surface area is 326 Å². The maximum atomic E-state index is 5.12. The van der Waals surface area contributed by atoms with E-state index in [1.54, 1.807) is 0 Å². The lowest BCUT2D eigenvalue weighted by Gasteiger charge is -2.18. The number of hydrogen-bond donors (Lipinski definition) is 0. The van der Waals surface area contributed by atoms with E-state index in [2.05, 4.69) is 205 Å². The first-order valence-corrected chi connectivity index (χ1v) is 19.1. The molecule has 56 heavy (non-hydrogen) atoms. The Balaban J connectivity index is 1.09. The molecule has 2 aromatic heterocycles. The van der Waals surface area contributed by atoms with Gasteiger partial charge in [0.2, 0.25) is 0 Å². The lowest BCUT2D eigenvalue weighted by atomic mass is 9.86. The van der Waals surface area contributed by atoms with Gasteiger partial charge < -0.3 is 0 Å². The Morgan fingerprint density at radius 1 is 0.339 bits per heavy atom. The summed E-state index contributed by atoms with van der Waals surface area (Å²) in [4.78, 5) is 10.2. The van der Waals surface area contributed by atoms with Crippen molar-refractivity contribution in [2.75, 3.05) is 0 Å². The van der Waals surface area contributed by atoms with Gasteiger partial charge in [0, 0.05) is 22.5 Å². The minimum atomic E-state index is 0.924. The molecule has 0 atom stereocenters. The number of fused-ring (bicyclic) bond motifs is 2. The van der Waals surface area contributed by atoms with Crippen molar-refractivity contribution in [1.29, 1.82) is 0 Å². The van der Waals surface area contributed by atoms with E-state index >= 15 is 0 Å². The molecule has 0 amide bonds. The highest BCUT2D eigenvalue weighted by atomic mass is 15.1. The highest BCUT2D eigenvalue weighted by molar-refractivity contribution is 5.95. The van der Waals surface area contributed by atoms with Crippen LogP contribution in [-0.4, -0.2) is 19.1 Å². The topological polar surface area (TPSA) is 35.6 Å². The van der Waals surface area contributed by atoms with Gasteiger partial charge in [0.25, 0.3) is 0 Å². The summed E-state index contributed by atoms with van der Waals surface area (Å²) in [6, 6.07) is 69.0. The van der Waals surface area contributed by atoms with Gasteiger partial charge in [-0.2, -0.15) is 0 Å². The van der Waals surface area contributed by atoms with Crippen molar-refractivity contribution in [3.8, 4) is 67.5 Å². The Hall–Kier alpha value is -7.30. The Morgan fingerprint density at radius 3 is 1.18 bits per heavy atom. The number of hydrogen-bond acceptors (Lipinski definition) is 2. The Bertz CT molecular complexity index is 2810. The van der Waals surface area contributed by atoms with Gasteiger partial charge in [-0.15, -0.1) is 0 Å². The lowest BCUT2D eigenvalue weighted by molar-refractivity contribution is 1.10. The van der Waals surface area contributed by atoms with E-state index in [1.165, 1.54) is 33.4 Å². The van der Waals surface area contributed by atoms with Gasteiger partial charge in [-0.25, -0.2) is 9.97 Å². The Kier molecular flexibility index (Phi) is 8.23. The molecule has 0 aliphatic carbocycles. The molecule has 0 saturated heterocycles. The number of benzene rings is 8. The number of rotatable bonds is 7. The van der Waals surface area contributed by atoms with E-state index in [4.69, 9.17) is 9.97 Å². The average Bonchev–Trinajstić information content (AvgIpc) is 3.83. The minimum absolute atomic E-state index is 0.924. The zero-order chi connectivity index (χ0) is 37.6. The summed E-state index contributed by atoms with van der Waals surface area (Å²) < 4.78 is 4.51. The lowest BCUT2D eigenvalue weighted by Crippen LogP contribution is -1.97. The molecule has 0 radical (unpaired) electrons. The van der Waals surface area contributed by atoms with Gasteiger partial charge in [-0.1, -0.05) is 157 Å². The molecule has 2 heterocycles. The van der Waals surface area contributed by atoms with Crippen LogP contribution in [0, 0.1) is 13.8 Å². The van der Waals surface area contributed by atoms with Crippen LogP contribution in [0.3, 0.4) is 0 Å². The second-order valence-corrected chi connectivity index (χ2v) is 14.4. The van der Waals surface area contributed by atoms with E-state index in [0.717, 1.165) is 67.3 Å². The summed E-state index contributed by atoms with van der Waals surface area (Å²) in [6.07, 6.45) is 0. The first kappa shape index (κ1) is 33.3. The fraction of sp³-hybridized carbons (Fsp3) is 0.0385. The van der Waals surface area contributed by atoms with Crippen molar-refractivity contribution in [2.24, 2.45) is 0 Å². The molecule has 4 nitrogen and oxygen atoms in total. The van der Waals surface area contributed by atoms with Gasteiger partial charge in [0.1, 0.15) is 11.6 Å². The fourth-order valence-corrected chi connectivity index (χ4v) is 8.18. The summed E-state index contributed by atoms with van der Waals surface area (Å²) in [5.74, 6) is 1.85. The largest absolute Gasteiger partial charge is 0.292 e. The molecule has 10 rings (SSSR count). The van der Waals surface area contributed by atoms with Crippen LogP contribution in [0.1, 0.15) is 11.1 Å². The van der Waals surface area contributed by atoms with Crippen LogP contribution in [0.25, 0.3) is 89.6 Å². The highest BCUT2D eigenvalue weighted by Gasteiger charge is 2.19. The first-order chi connectivity index (χ1) is 27.6. The van der Waals surface area contributed by atoms with Gasteiger partial charge in [0.05, 0.1) is 22.1 Å². The molecule has 8 aromatic carbocycles. The second-order valence-electron chi connectivity index (χ2n) is 14.4. The molecule has 0 saturated carbocycles. The number of aromatic nitrogens is 4. The van der Waals surface area contributed by atoms with Crippen LogP contribution in [0.5, 0.6) is 0 Å². The predicted octanol–water partition coefficient (Wildman–Crippen LogP) is 13.3. The minimum Gasteiger partial charge on any atom is -0.292 e. The smallest absolute Gasteiger partial charge is 0.145 e. The molecule has 0 aliphatic heterocycles. The van der Waals surface area contributed by atoms with Gasteiger partial charge in [-0.05, 0) is 95.8 Å². The van der Waals surface area contributed by atoms with E-state index in [1.807, 2.05) is 12.1 Å². The van der Waals surface area contributed by atoms with Gasteiger partial charge in [0.15, 0.2) is 0 Å². The fourth-order valence-electron chi connectivity index (χ4n) is 8.18. The van der Waals surface area contributed by atoms with E-state index < -0.39 is 0 Å². The third-order valence-corrected chi connectivity index (χ3v) is 10.6. The normalized spacial score (nSPS) is 11.4. The van der Waals surface area contributed by atoms with Crippen LogP contribution in [-0.2, 0) is 0 Å². The third-order valence-electron chi connectivity index (χ3n) is 10.6. The average molecular weight is 719 g/mol. The molecule has 0 aliphatic rings. The third kappa shape index (κ3) is 5.89. The van der Waals surface area contributed by atoms with Crippen LogP contribution in [0.4, 0.5) is 0 Å². The van der Waals surface area contributed by atoms with Crippen LogP contribution in [0.2, 0.25) is 0 Å². The monoisotopic (exact) mass is 718 g/mol. The number of imidazole rings is 2. The first-order valence-electron chi connectivity index (χ1n) is 19.1. The highest BCUT2D eigenvalue weighted by Crippen LogP contribution is 2.42. The van der Waals surface area contributed by atoms with Crippen molar-refractivity contribution >= 4 is 22.1 Å². The van der Waals surface area contributed by atoms with Crippen LogP contribution in [0.15, 0.2) is 194 Å². The molecule has 266 valence electrons. The summed E-state index contributed by atoms with van der Waals surface area (Å²) in [5.41, 5.74) is 18.0. The zero-order valence-corrected chi connectivity index (χ0v) is 31.3. The molecule has 0 fully saturated rings. The SMILES string of the molecule is Cc1cc(C)cc(-c2c(-c3ccc(-c4nc5ccccc5n4-c4ccccc4)cc3)cccc2-c2ccc(-c3nc4ccccc4n3-c3ccccc3)cc2)c1. The molecule has 0 bridgehead atoms. The number of nitrogens with zero attached hydrogens (tertiary/aromatic N) is 4. The molecule has 4 heteroatoms. The summed E-state index contributed by atoms with van der Waals surface area (Å²) in [5, 5.41) is 0. The quantitative estimate of drug-likeness (QED) is 0.164. The molecule has 0 N–H and O–H groups in total. The maximum absolute atomic E-state index is 5.12. The van der Waals surface area contributed by atoms with Crippen molar-refractivity contribution < 1.29 is 0 Å². The van der Waals surface area contributed by atoms with E-state index in [9.17, 15) is 0 Å². The Morgan fingerprint density at radius 2 is 0.732 bits per heavy atom.